The van der Waals surface area contributed by atoms with Gasteiger partial charge in [-0.3, -0.25) is 0 Å². The van der Waals surface area contributed by atoms with E-state index in [0.29, 0.717) is 5.75 Å². The van der Waals surface area contributed by atoms with Gasteiger partial charge >= 0.3 is 0 Å². The second kappa shape index (κ2) is 5.29. The topological polar surface area (TPSA) is 41.5 Å². The molecule has 0 spiro atoms. The molecule has 0 aromatic heterocycles. The molecule has 18 heavy (non-hydrogen) atoms. The van der Waals surface area contributed by atoms with Crippen molar-refractivity contribution in [2.45, 2.75) is 45.3 Å². The fraction of sp³-hybridized carbons (Fsp3) is 0.600. The summed E-state index contributed by atoms with van der Waals surface area (Å²) in [5.41, 5.74) is 1.98. The molecule has 3 nitrogen and oxygen atoms in total. The average molecular weight is 249 g/mol. The number of benzene rings is 1. The molecule has 0 aliphatic carbocycles. The van der Waals surface area contributed by atoms with Crippen molar-refractivity contribution in [1.82, 2.24) is 5.32 Å². The number of aromatic hydroxyl groups is 1. The number of nitrogens with one attached hydrogen (secondary N) is 1. The smallest absolute Gasteiger partial charge is 0.120 e. The number of ether oxygens (including phenoxy) is 1. The van der Waals surface area contributed by atoms with E-state index in [1.54, 1.807) is 6.07 Å². The van der Waals surface area contributed by atoms with Crippen LogP contribution in [0.25, 0.3) is 0 Å². The van der Waals surface area contributed by atoms with Crippen molar-refractivity contribution >= 4 is 0 Å². The van der Waals surface area contributed by atoms with E-state index in [2.05, 4.69) is 19.2 Å². The third kappa shape index (κ3) is 3.03. The number of phenolic OH excluding ortho intramolecular Hbond substituents is 1. The molecule has 0 bridgehead atoms. The van der Waals surface area contributed by atoms with Gasteiger partial charge in [-0.2, -0.15) is 0 Å². The van der Waals surface area contributed by atoms with E-state index in [1.807, 2.05) is 19.1 Å². The van der Waals surface area contributed by atoms with Crippen LogP contribution in [-0.4, -0.2) is 23.9 Å². The van der Waals surface area contributed by atoms with Gasteiger partial charge in [0.2, 0.25) is 0 Å². The number of aryl methyl sites for hydroxylation is 1. The first-order valence-corrected chi connectivity index (χ1v) is 6.67. The molecular weight excluding hydrogens is 226 g/mol. The lowest BCUT2D eigenvalue weighted by molar-refractivity contribution is 0.0190. The predicted molar refractivity (Wildman–Crippen MR) is 72.9 cm³/mol. The van der Waals surface area contributed by atoms with Crippen molar-refractivity contribution < 1.29 is 9.84 Å². The number of rotatable bonds is 4. The SMILES string of the molecule is Cc1ccc(C(C)NCC2(C)CCCO2)c(O)c1. The Morgan fingerprint density at radius 2 is 2.28 bits per heavy atom. The van der Waals surface area contributed by atoms with Crippen LogP contribution in [0.5, 0.6) is 5.75 Å². The molecule has 1 heterocycles. The average Bonchev–Trinajstić information content (AvgIpc) is 2.74. The van der Waals surface area contributed by atoms with Crippen LogP contribution in [0.3, 0.4) is 0 Å². The summed E-state index contributed by atoms with van der Waals surface area (Å²) in [6, 6.07) is 5.95. The maximum Gasteiger partial charge on any atom is 0.120 e. The van der Waals surface area contributed by atoms with E-state index in [9.17, 15) is 5.11 Å². The molecule has 0 radical (unpaired) electrons. The predicted octanol–water partition coefficient (Wildman–Crippen LogP) is 2.92. The molecule has 2 atom stereocenters. The van der Waals surface area contributed by atoms with Gasteiger partial charge in [0.15, 0.2) is 0 Å². The van der Waals surface area contributed by atoms with Gasteiger partial charge in [-0.05, 0) is 45.2 Å². The third-order valence-corrected chi connectivity index (χ3v) is 3.74. The van der Waals surface area contributed by atoms with Crippen LogP contribution in [-0.2, 0) is 4.74 Å². The second-order valence-corrected chi connectivity index (χ2v) is 5.57. The van der Waals surface area contributed by atoms with Gasteiger partial charge in [0.25, 0.3) is 0 Å². The van der Waals surface area contributed by atoms with E-state index in [0.717, 1.165) is 37.1 Å². The molecule has 1 aromatic rings. The van der Waals surface area contributed by atoms with Crippen molar-refractivity contribution in [2.75, 3.05) is 13.2 Å². The summed E-state index contributed by atoms with van der Waals surface area (Å²) in [7, 11) is 0. The van der Waals surface area contributed by atoms with Crippen molar-refractivity contribution in [3.05, 3.63) is 29.3 Å². The van der Waals surface area contributed by atoms with E-state index in [-0.39, 0.29) is 11.6 Å². The largest absolute Gasteiger partial charge is 0.508 e. The summed E-state index contributed by atoms with van der Waals surface area (Å²) in [5.74, 6) is 0.368. The fourth-order valence-electron chi connectivity index (χ4n) is 2.48. The zero-order valence-corrected chi connectivity index (χ0v) is 11.5. The summed E-state index contributed by atoms with van der Waals surface area (Å²) in [4.78, 5) is 0. The first-order valence-electron chi connectivity index (χ1n) is 6.67. The second-order valence-electron chi connectivity index (χ2n) is 5.57. The molecule has 1 fully saturated rings. The van der Waals surface area contributed by atoms with Gasteiger partial charge in [0, 0.05) is 24.8 Å². The maximum absolute atomic E-state index is 9.95. The normalized spacial score (nSPS) is 25.3. The lowest BCUT2D eigenvalue weighted by atomic mass is 10.0. The van der Waals surface area contributed by atoms with Crippen LogP contribution in [0.4, 0.5) is 0 Å². The number of phenols is 1. The fourth-order valence-corrected chi connectivity index (χ4v) is 2.48. The monoisotopic (exact) mass is 249 g/mol. The molecule has 2 rings (SSSR count). The van der Waals surface area contributed by atoms with Crippen molar-refractivity contribution in [1.29, 1.82) is 0 Å². The van der Waals surface area contributed by atoms with Gasteiger partial charge in [-0.25, -0.2) is 0 Å². The first-order chi connectivity index (χ1) is 8.50. The molecule has 0 amide bonds. The molecular formula is C15H23NO2. The number of hydrogen-bond donors (Lipinski definition) is 2. The molecule has 1 aromatic carbocycles. The Labute approximate surface area is 109 Å². The van der Waals surface area contributed by atoms with Gasteiger partial charge < -0.3 is 15.2 Å². The number of hydrogen-bond acceptors (Lipinski definition) is 3. The van der Waals surface area contributed by atoms with Gasteiger partial charge in [0.1, 0.15) is 5.75 Å². The first kappa shape index (κ1) is 13.4. The van der Waals surface area contributed by atoms with Crippen LogP contribution in [0, 0.1) is 6.92 Å². The van der Waals surface area contributed by atoms with Crippen molar-refractivity contribution in [3.8, 4) is 5.75 Å². The van der Waals surface area contributed by atoms with Crippen LogP contribution in [0.2, 0.25) is 0 Å². The highest BCUT2D eigenvalue weighted by Crippen LogP contribution is 2.28. The Morgan fingerprint density at radius 1 is 1.50 bits per heavy atom. The molecule has 2 unspecified atom stereocenters. The molecule has 1 aliphatic rings. The van der Waals surface area contributed by atoms with Gasteiger partial charge in [-0.15, -0.1) is 0 Å². The Morgan fingerprint density at radius 3 is 2.89 bits per heavy atom. The Bertz CT molecular complexity index is 411. The van der Waals surface area contributed by atoms with Gasteiger partial charge in [0.05, 0.1) is 5.60 Å². The standard InChI is InChI=1S/C15H23NO2/c1-11-5-6-13(14(17)9-11)12(2)16-10-15(3)7-4-8-18-15/h5-6,9,12,16-17H,4,7-8,10H2,1-3H3. The van der Waals surface area contributed by atoms with Crippen LogP contribution < -0.4 is 5.32 Å². The lowest BCUT2D eigenvalue weighted by Crippen LogP contribution is -2.38. The molecule has 100 valence electrons. The van der Waals surface area contributed by atoms with Crippen molar-refractivity contribution in [3.63, 3.8) is 0 Å². The summed E-state index contributed by atoms with van der Waals surface area (Å²) in [6.07, 6.45) is 2.24. The molecule has 0 saturated carbocycles. The minimum atomic E-state index is -0.0470. The van der Waals surface area contributed by atoms with Crippen LogP contribution in [0.15, 0.2) is 18.2 Å². The van der Waals surface area contributed by atoms with E-state index < -0.39 is 0 Å². The highest BCUT2D eigenvalue weighted by molar-refractivity contribution is 5.37. The van der Waals surface area contributed by atoms with E-state index in [1.165, 1.54) is 0 Å². The van der Waals surface area contributed by atoms with E-state index in [4.69, 9.17) is 4.74 Å². The van der Waals surface area contributed by atoms with Crippen LogP contribution in [0.1, 0.15) is 43.9 Å². The summed E-state index contributed by atoms with van der Waals surface area (Å²) < 4.78 is 5.75. The highest BCUT2D eigenvalue weighted by Gasteiger charge is 2.29. The zero-order chi connectivity index (χ0) is 13.2. The summed E-state index contributed by atoms with van der Waals surface area (Å²) in [5, 5.41) is 13.4. The third-order valence-electron chi connectivity index (χ3n) is 3.74. The maximum atomic E-state index is 9.95. The Balaban J connectivity index is 1.97. The zero-order valence-electron chi connectivity index (χ0n) is 11.5. The molecule has 3 heteroatoms. The summed E-state index contributed by atoms with van der Waals surface area (Å²) in [6.45, 7) is 7.89. The van der Waals surface area contributed by atoms with Crippen LogP contribution >= 0.6 is 0 Å². The quantitative estimate of drug-likeness (QED) is 0.862. The highest BCUT2D eigenvalue weighted by atomic mass is 16.5. The molecule has 1 saturated heterocycles. The van der Waals surface area contributed by atoms with Gasteiger partial charge in [-0.1, -0.05) is 12.1 Å². The minimum absolute atomic E-state index is 0.0470. The molecule has 2 N–H and O–H groups in total. The Kier molecular flexibility index (Phi) is 3.93. The Hall–Kier alpha value is -1.06. The summed E-state index contributed by atoms with van der Waals surface area (Å²) >= 11 is 0. The van der Waals surface area contributed by atoms with E-state index >= 15 is 0 Å². The molecule has 1 aliphatic heterocycles. The lowest BCUT2D eigenvalue weighted by Gasteiger charge is -2.26. The minimum Gasteiger partial charge on any atom is -0.508 e. The van der Waals surface area contributed by atoms with Crippen molar-refractivity contribution in [2.24, 2.45) is 0 Å².